The number of rotatable bonds is 4. The Labute approximate surface area is 137 Å². The van der Waals surface area contributed by atoms with Gasteiger partial charge in [0.25, 0.3) is 11.8 Å². The number of benzene rings is 2. The predicted molar refractivity (Wildman–Crippen MR) is 88.8 cm³/mol. The van der Waals surface area contributed by atoms with Crippen LogP contribution in [0, 0.1) is 0 Å². The molecule has 2 aromatic carbocycles. The topological polar surface area (TPSA) is 75.3 Å². The molecule has 3 amide bonds. The molecule has 0 spiro atoms. The van der Waals surface area contributed by atoms with Gasteiger partial charge in [0.1, 0.15) is 0 Å². The zero-order valence-electron chi connectivity index (χ0n) is 12.4. The Balaban J connectivity index is 1.76. The highest BCUT2D eigenvalue weighted by molar-refractivity contribution is 7.98. The number of imide groups is 1. The SMILES string of the molecule is CSc1ccc(CC(=O)Nc2cccc3c2C(=O)NC3=O)cc1. The third-order valence-corrected chi connectivity index (χ3v) is 4.30. The molecule has 116 valence electrons. The van der Waals surface area contributed by atoms with E-state index in [1.54, 1.807) is 30.0 Å². The van der Waals surface area contributed by atoms with Crippen molar-refractivity contribution in [3.8, 4) is 0 Å². The van der Waals surface area contributed by atoms with Gasteiger partial charge in [-0.05, 0) is 36.1 Å². The highest BCUT2D eigenvalue weighted by Gasteiger charge is 2.29. The Morgan fingerprint density at radius 3 is 2.52 bits per heavy atom. The summed E-state index contributed by atoms with van der Waals surface area (Å²) in [6, 6.07) is 12.5. The summed E-state index contributed by atoms with van der Waals surface area (Å²) in [6.07, 6.45) is 2.19. The van der Waals surface area contributed by atoms with Crippen LogP contribution in [0.5, 0.6) is 0 Å². The van der Waals surface area contributed by atoms with E-state index in [0.717, 1.165) is 10.5 Å². The Hall–Kier alpha value is -2.60. The molecule has 0 unspecified atom stereocenters. The highest BCUT2D eigenvalue weighted by atomic mass is 32.2. The van der Waals surface area contributed by atoms with Crippen molar-refractivity contribution in [1.82, 2.24) is 5.32 Å². The molecule has 0 bridgehead atoms. The van der Waals surface area contributed by atoms with E-state index in [0.29, 0.717) is 5.69 Å². The van der Waals surface area contributed by atoms with Gasteiger partial charge >= 0.3 is 0 Å². The largest absolute Gasteiger partial charge is 0.325 e. The van der Waals surface area contributed by atoms with Gasteiger partial charge in [0.05, 0.1) is 23.2 Å². The van der Waals surface area contributed by atoms with Crippen molar-refractivity contribution in [3.63, 3.8) is 0 Å². The molecule has 0 fully saturated rings. The van der Waals surface area contributed by atoms with E-state index in [-0.39, 0.29) is 23.5 Å². The lowest BCUT2D eigenvalue weighted by atomic mass is 10.1. The highest BCUT2D eigenvalue weighted by Crippen LogP contribution is 2.24. The minimum Gasteiger partial charge on any atom is -0.325 e. The molecule has 0 aliphatic carbocycles. The van der Waals surface area contributed by atoms with Crippen LogP contribution >= 0.6 is 11.8 Å². The van der Waals surface area contributed by atoms with E-state index in [4.69, 9.17) is 0 Å². The van der Waals surface area contributed by atoms with Gasteiger partial charge in [-0.3, -0.25) is 19.7 Å². The number of anilines is 1. The fourth-order valence-corrected chi connectivity index (χ4v) is 2.85. The van der Waals surface area contributed by atoms with Gasteiger partial charge in [-0.25, -0.2) is 0 Å². The molecule has 1 heterocycles. The van der Waals surface area contributed by atoms with Gasteiger partial charge in [0.2, 0.25) is 5.91 Å². The molecule has 23 heavy (non-hydrogen) atoms. The van der Waals surface area contributed by atoms with Crippen molar-refractivity contribution in [2.45, 2.75) is 11.3 Å². The summed E-state index contributed by atoms with van der Waals surface area (Å²) < 4.78 is 0. The maximum atomic E-state index is 12.2. The molecule has 6 heteroatoms. The second-order valence-electron chi connectivity index (χ2n) is 5.08. The minimum absolute atomic E-state index is 0.202. The average Bonchev–Trinajstić information content (AvgIpc) is 2.84. The first-order valence-corrected chi connectivity index (χ1v) is 8.22. The molecule has 2 aromatic rings. The van der Waals surface area contributed by atoms with E-state index in [1.165, 1.54) is 0 Å². The van der Waals surface area contributed by atoms with Gasteiger partial charge in [-0.1, -0.05) is 18.2 Å². The summed E-state index contributed by atoms with van der Waals surface area (Å²) in [5.74, 6) is -1.15. The van der Waals surface area contributed by atoms with Crippen LogP contribution < -0.4 is 10.6 Å². The van der Waals surface area contributed by atoms with Crippen molar-refractivity contribution in [1.29, 1.82) is 0 Å². The van der Waals surface area contributed by atoms with Gasteiger partial charge in [0, 0.05) is 4.90 Å². The molecule has 0 atom stereocenters. The molecule has 5 nitrogen and oxygen atoms in total. The number of amides is 3. The summed E-state index contributed by atoms with van der Waals surface area (Å²) in [5, 5.41) is 4.94. The van der Waals surface area contributed by atoms with Crippen LogP contribution in [0.25, 0.3) is 0 Å². The first kappa shape index (κ1) is 15.3. The van der Waals surface area contributed by atoms with Crippen molar-refractivity contribution < 1.29 is 14.4 Å². The monoisotopic (exact) mass is 326 g/mol. The molecule has 1 aliphatic heterocycles. The summed E-state index contributed by atoms with van der Waals surface area (Å²) in [7, 11) is 0. The molecular formula is C17H14N2O3S. The third-order valence-electron chi connectivity index (χ3n) is 3.56. The van der Waals surface area contributed by atoms with Gasteiger partial charge in [-0.2, -0.15) is 0 Å². The summed E-state index contributed by atoms with van der Waals surface area (Å²) in [5.41, 5.74) is 1.76. The number of fused-ring (bicyclic) bond motifs is 1. The summed E-state index contributed by atoms with van der Waals surface area (Å²) in [4.78, 5) is 36.8. The quantitative estimate of drug-likeness (QED) is 0.668. The molecule has 0 aromatic heterocycles. The number of hydrogen-bond donors (Lipinski definition) is 2. The van der Waals surface area contributed by atoms with Crippen LogP contribution in [0.4, 0.5) is 5.69 Å². The summed E-state index contributed by atoms with van der Waals surface area (Å²) in [6.45, 7) is 0. The lowest BCUT2D eigenvalue weighted by Crippen LogP contribution is -2.21. The smallest absolute Gasteiger partial charge is 0.261 e. The van der Waals surface area contributed by atoms with Crippen LogP contribution in [0.2, 0.25) is 0 Å². The Bertz CT molecular complexity index is 800. The molecule has 0 saturated carbocycles. The van der Waals surface area contributed by atoms with E-state index in [9.17, 15) is 14.4 Å². The van der Waals surface area contributed by atoms with Crippen molar-refractivity contribution in [2.75, 3.05) is 11.6 Å². The Morgan fingerprint density at radius 2 is 1.83 bits per heavy atom. The van der Waals surface area contributed by atoms with E-state index in [2.05, 4.69) is 10.6 Å². The number of carbonyl (C=O) groups is 3. The normalized spacial score (nSPS) is 12.7. The Kier molecular flexibility index (Phi) is 4.16. The van der Waals surface area contributed by atoms with E-state index in [1.807, 2.05) is 30.5 Å². The average molecular weight is 326 g/mol. The molecule has 0 radical (unpaired) electrons. The van der Waals surface area contributed by atoms with E-state index < -0.39 is 11.8 Å². The first-order chi connectivity index (χ1) is 11.1. The van der Waals surface area contributed by atoms with Crippen LogP contribution in [-0.4, -0.2) is 24.0 Å². The third kappa shape index (κ3) is 3.12. The molecular weight excluding hydrogens is 312 g/mol. The maximum Gasteiger partial charge on any atom is 0.261 e. The van der Waals surface area contributed by atoms with E-state index >= 15 is 0 Å². The second kappa shape index (κ2) is 6.26. The number of carbonyl (C=O) groups excluding carboxylic acids is 3. The van der Waals surface area contributed by atoms with Crippen molar-refractivity contribution in [3.05, 3.63) is 59.2 Å². The van der Waals surface area contributed by atoms with Gasteiger partial charge < -0.3 is 5.32 Å². The molecule has 1 aliphatic rings. The molecule has 3 rings (SSSR count). The lowest BCUT2D eigenvalue weighted by molar-refractivity contribution is -0.115. The number of thioether (sulfide) groups is 1. The van der Waals surface area contributed by atoms with Gasteiger partial charge in [0.15, 0.2) is 0 Å². The second-order valence-corrected chi connectivity index (χ2v) is 5.96. The van der Waals surface area contributed by atoms with Crippen molar-refractivity contribution >= 4 is 35.2 Å². The van der Waals surface area contributed by atoms with Crippen LogP contribution in [0.15, 0.2) is 47.4 Å². The first-order valence-electron chi connectivity index (χ1n) is 7.00. The summed E-state index contributed by atoms with van der Waals surface area (Å²) >= 11 is 1.64. The standard InChI is InChI=1S/C17H14N2O3S/c1-23-11-7-5-10(6-8-11)9-14(20)18-13-4-2-3-12-15(13)17(22)19-16(12)21/h2-8H,9H2,1H3,(H,18,20)(H,19,21,22). The molecule has 0 saturated heterocycles. The van der Waals surface area contributed by atoms with Crippen LogP contribution in [0.3, 0.4) is 0 Å². The minimum atomic E-state index is -0.481. The van der Waals surface area contributed by atoms with Crippen molar-refractivity contribution in [2.24, 2.45) is 0 Å². The number of nitrogens with one attached hydrogen (secondary N) is 2. The predicted octanol–water partition coefficient (Wildman–Crippen LogP) is 2.47. The maximum absolute atomic E-state index is 12.2. The Morgan fingerprint density at radius 1 is 1.09 bits per heavy atom. The number of hydrogen-bond acceptors (Lipinski definition) is 4. The fourth-order valence-electron chi connectivity index (χ4n) is 2.45. The van der Waals surface area contributed by atoms with Crippen LogP contribution in [0.1, 0.15) is 26.3 Å². The lowest BCUT2D eigenvalue weighted by Gasteiger charge is -2.08. The fraction of sp³-hybridized carbons (Fsp3) is 0.118. The van der Waals surface area contributed by atoms with Gasteiger partial charge in [-0.15, -0.1) is 11.8 Å². The zero-order valence-corrected chi connectivity index (χ0v) is 13.2. The van der Waals surface area contributed by atoms with Crippen LogP contribution in [-0.2, 0) is 11.2 Å². The zero-order chi connectivity index (χ0) is 16.4. The molecule has 2 N–H and O–H groups in total.